The number of carbonyl (C=O) groups excluding carboxylic acids is 2. The van der Waals surface area contributed by atoms with E-state index in [2.05, 4.69) is 70.3 Å². The average molecular weight is 525 g/mol. The van der Waals surface area contributed by atoms with Gasteiger partial charge in [-0.1, -0.05) is 42.0 Å². The number of allylic oxidation sites excluding steroid dienone is 6. The fraction of sp³-hybridized carbons (Fsp3) is 0.667. The van der Waals surface area contributed by atoms with Crippen LogP contribution in [0, 0.1) is 5.41 Å². The van der Waals surface area contributed by atoms with Gasteiger partial charge >= 0.3 is 6.03 Å². The van der Waals surface area contributed by atoms with Crippen LogP contribution < -0.4 is 5.32 Å². The average Bonchev–Trinajstić information content (AvgIpc) is 2.98. The van der Waals surface area contributed by atoms with E-state index in [-0.39, 0.29) is 18.0 Å². The van der Waals surface area contributed by atoms with Crippen LogP contribution in [0.15, 0.2) is 47.6 Å². The van der Waals surface area contributed by atoms with E-state index >= 15 is 0 Å². The molecular formula is C30H44N4O2S. The molecule has 7 heteroatoms. The van der Waals surface area contributed by atoms with E-state index in [0.717, 1.165) is 51.6 Å². The van der Waals surface area contributed by atoms with E-state index < -0.39 is 5.41 Å². The third kappa shape index (κ3) is 6.03. The fourth-order valence-corrected chi connectivity index (χ4v) is 7.68. The molecule has 0 radical (unpaired) electrons. The summed E-state index contributed by atoms with van der Waals surface area (Å²) in [5, 5.41) is 3.37. The smallest absolute Gasteiger partial charge is 0.320 e. The summed E-state index contributed by atoms with van der Waals surface area (Å²) in [6.45, 7) is 7.50. The van der Waals surface area contributed by atoms with Crippen molar-refractivity contribution in [1.82, 2.24) is 20.0 Å². The molecule has 1 N–H and O–H groups in total. The van der Waals surface area contributed by atoms with Gasteiger partial charge in [0.2, 0.25) is 5.91 Å². The third-order valence-electron chi connectivity index (χ3n) is 9.20. The molecule has 0 bridgehead atoms. The number of rotatable bonds is 5. The lowest BCUT2D eigenvalue weighted by atomic mass is 9.69. The minimum Gasteiger partial charge on any atom is -0.349 e. The molecule has 0 spiro atoms. The number of thioether (sulfide) groups is 1. The number of carbonyl (C=O) groups is 2. The number of amides is 3. The zero-order valence-corrected chi connectivity index (χ0v) is 23.3. The molecular weight excluding hydrogens is 480 g/mol. The van der Waals surface area contributed by atoms with E-state index in [4.69, 9.17) is 0 Å². The molecule has 5 rings (SSSR count). The Morgan fingerprint density at radius 1 is 0.919 bits per heavy atom. The van der Waals surface area contributed by atoms with Crippen molar-refractivity contribution in [1.29, 1.82) is 0 Å². The number of likely N-dealkylation sites (tertiary alicyclic amines) is 2. The Balaban J connectivity index is 1.20. The second kappa shape index (κ2) is 12.2. The Hall–Kier alpha value is -1.99. The number of urea groups is 1. The van der Waals surface area contributed by atoms with Crippen molar-refractivity contribution in [2.75, 3.05) is 50.8 Å². The lowest BCUT2D eigenvalue weighted by Gasteiger charge is -2.45. The van der Waals surface area contributed by atoms with Crippen molar-refractivity contribution in [2.45, 2.75) is 70.4 Å². The Kier molecular flexibility index (Phi) is 8.81. The molecule has 0 saturated carbocycles. The number of piperidine rings is 2. The van der Waals surface area contributed by atoms with Crippen molar-refractivity contribution in [2.24, 2.45) is 5.41 Å². The lowest BCUT2D eigenvalue weighted by molar-refractivity contribution is -0.131. The Labute approximate surface area is 227 Å². The molecule has 37 heavy (non-hydrogen) atoms. The molecule has 6 nitrogen and oxygen atoms in total. The van der Waals surface area contributed by atoms with Crippen LogP contribution in [-0.4, -0.2) is 89.5 Å². The van der Waals surface area contributed by atoms with Crippen molar-refractivity contribution in [3.05, 3.63) is 47.6 Å². The molecule has 0 aromatic rings. The van der Waals surface area contributed by atoms with Gasteiger partial charge in [0.25, 0.3) is 0 Å². The van der Waals surface area contributed by atoms with Gasteiger partial charge in [-0.15, -0.1) is 0 Å². The molecule has 0 aromatic carbocycles. The predicted octanol–water partition coefficient (Wildman–Crippen LogP) is 4.76. The second-order valence-electron chi connectivity index (χ2n) is 11.3. The highest BCUT2D eigenvalue weighted by Gasteiger charge is 2.46. The van der Waals surface area contributed by atoms with E-state index in [1.165, 1.54) is 35.7 Å². The van der Waals surface area contributed by atoms with Crippen molar-refractivity contribution in [3.8, 4) is 0 Å². The van der Waals surface area contributed by atoms with Crippen LogP contribution in [0.1, 0.15) is 58.3 Å². The van der Waals surface area contributed by atoms with Gasteiger partial charge in [0, 0.05) is 62.9 Å². The van der Waals surface area contributed by atoms with Gasteiger partial charge in [-0.2, -0.15) is 11.8 Å². The zero-order valence-electron chi connectivity index (χ0n) is 22.5. The summed E-state index contributed by atoms with van der Waals surface area (Å²) in [6, 6.07) is 0.839. The minimum absolute atomic E-state index is 0.0357. The molecule has 0 aromatic heterocycles. The molecule has 0 unspecified atom stereocenters. The summed E-state index contributed by atoms with van der Waals surface area (Å²) >= 11 is 2.05. The second-order valence-corrected chi connectivity index (χ2v) is 12.5. The Bertz CT molecular complexity index is 949. The maximum atomic E-state index is 13.9. The quantitative estimate of drug-likeness (QED) is 0.564. The molecule has 3 fully saturated rings. The highest BCUT2D eigenvalue weighted by molar-refractivity contribution is 7.99. The van der Waals surface area contributed by atoms with Gasteiger partial charge in [-0.25, -0.2) is 4.79 Å². The first-order valence-corrected chi connectivity index (χ1v) is 15.6. The number of hydrogen-bond donors (Lipinski definition) is 1. The summed E-state index contributed by atoms with van der Waals surface area (Å²) in [6.07, 6.45) is 20.4. The minimum atomic E-state index is -0.514. The highest BCUT2D eigenvalue weighted by Crippen LogP contribution is 2.43. The van der Waals surface area contributed by atoms with Crippen LogP contribution in [0.5, 0.6) is 0 Å². The summed E-state index contributed by atoms with van der Waals surface area (Å²) in [4.78, 5) is 34.1. The summed E-state index contributed by atoms with van der Waals surface area (Å²) in [7, 11) is 0. The van der Waals surface area contributed by atoms with Crippen LogP contribution in [0.2, 0.25) is 0 Å². The predicted molar refractivity (Wildman–Crippen MR) is 153 cm³/mol. The number of hydrogen-bond acceptors (Lipinski definition) is 4. The van der Waals surface area contributed by atoms with Gasteiger partial charge in [0.1, 0.15) is 0 Å². The topological polar surface area (TPSA) is 55.9 Å². The van der Waals surface area contributed by atoms with Gasteiger partial charge in [-0.3, -0.25) is 9.69 Å². The fourth-order valence-electron chi connectivity index (χ4n) is 6.75. The van der Waals surface area contributed by atoms with Gasteiger partial charge in [0.15, 0.2) is 0 Å². The van der Waals surface area contributed by atoms with Crippen LogP contribution >= 0.6 is 11.8 Å². The first kappa shape index (κ1) is 26.6. The first-order valence-electron chi connectivity index (χ1n) is 14.5. The molecule has 3 aliphatic heterocycles. The molecule has 3 heterocycles. The maximum absolute atomic E-state index is 13.9. The van der Waals surface area contributed by atoms with Crippen LogP contribution in [0.25, 0.3) is 0 Å². The normalized spacial score (nSPS) is 25.9. The SMILES string of the molecule is C[C@H](NC(=O)C1(C2=CC=CCC2)CCN(C(=O)N2CCC(N3CCSCC3)CC2)CC1)C1=CC=CCC1. The summed E-state index contributed by atoms with van der Waals surface area (Å²) < 4.78 is 0. The largest absolute Gasteiger partial charge is 0.349 e. The standard InChI is InChI=1S/C30H44N4O2S/c1-24(25-8-4-2-5-9-25)31-28(35)30(26-10-6-3-7-11-26)14-18-34(19-15-30)29(36)33-16-12-27(13-17-33)32-20-22-37-23-21-32/h2-4,6,8,10,24,27H,5,7,9,11-23H2,1H3,(H,31,35)/t24-/m0/s1. The van der Waals surface area contributed by atoms with Crippen molar-refractivity contribution < 1.29 is 9.59 Å². The summed E-state index contributed by atoms with van der Waals surface area (Å²) in [5.74, 6) is 2.62. The molecule has 3 amide bonds. The van der Waals surface area contributed by atoms with Crippen molar-refractivity contribution in [3.63, 3.8) is 0 Å². The molecule has 3 saturated heterocycles. The van der Waals surface area contributed by atoms with E-state index in [1.54, 1.807) is 0 Å². The first-order chi connectivity index (χ1) is 18.1. The van der Waals surface area contributed by atoms with E-state index in [9.17, 15) is 9.59 Å². The molecule has 202 valence electrons. The zero-order chi connectivity index (χ0) is 25.7. The van der Waals surface area contributed by atoms with E-state index in [0.29, 0.717) is 32.0 Å². The third-order valence-corrected chi connectivity index (χ3v) is 10.1. The maximum Gasteiger partial charge on any atom is 0.320 e. The van der Waals surface area contributed by atoms with Crippen LogP contribution in [-0.2, 0) is 4.79 Å². The van der Waals surface area contributed by atoms with E-state index in [1.807, 2.05) is 4.90 Å². The molecule has 2 aliphatic carbocycles. The van der Waals surface area contributed by atoms with Crippen LogP contribution in [0.3, 0.4) is 0 Å². The van der Waals surface area contributed by atoms with Crippen LogP contribution in [0.4, 0.5) is 4.79 Å². The Morgan fingerprint density at radius 3 is 2.19 bits per heavy atom. The Morgan fingerprint density at radius 2 is 1.57 bits per heavy atom. The highest BCUT2D eigenvalue weighted by atomic mass is 32.2. The number of nitrogens with zero attached hydrogens (tertiary/aromatic N) is 3. The molecule has 1 atom stereocenters. The van der Waals surface area contributed by atoms with Gasteiger partial charge in [-0.05, 0) is 63.9 Å². The number of nitrogens with one attached hydrogen (secondary N) is 1. The monoisotopic (exact) mass is 524 g/mol. The van der Waals surface area contributed by atoms with Crippen molar-refractivity contribution >= 4 is 23.7 Å². The van der Waals surface area contributed by atoms with Gasteiger partial charge in [0.05, 0.1) is 5.41 Å². The van der Waals surface area contributed by atoms with Gasteiger partial charge < -0.3 is 15.1 Å². The summed E-state index contributed by atoms with van der Waals surface area (Å²) in [5.41, 5.74) is 2.02. The lowest BCUT2D eigenvalue weighted by Crippen LogP contribution is -2.56. The molecule has 5 aliphatic rings.